The zero-order chi connectivity index (χ0) is 26.1. The fraction of sp³-hybridized carbons (Fsp3) is 0.160. The Balaban J connectivity index is 1.60. The average molecular weight is 516 g/mol. The van der Waals surface area contributed by atoms with Crippen LogP contribution in [0.5, 0.6) is 23.0 Å². The summed E-state index contributed by atoms with van der Waals surface area (Å²) in [4.78, 5) is 24.4. The number of nitrogens with zero attached hydrogens (tertiary/aromatic N) is 1. The second kappa shape index (κ2) is 12.4. The number of rotatable bonds is 9. The molecule has 0 unspecified atom stereocenters. The van der Waals surface area contributed by atoms with Crippen LogP contribution in [0.25, 0.3) is 0 Å². The first kappa shape index (κ1) is 26.3. The summed E-state index contributed by atoms with van der Waals surface area (Å²) in [5, 5.41) is 6.51. The number of amides is 2. The van der Waals surface area contributed by atoms with Crippen molar-refractivity contribution in [1.82, 2.24) is 5.43 Å². The molecule has 0 saturated carbocycles. The topological polar surface area (TPSA) is 107 Å². The van der Waals surface area contributed by atoms with Crippen molar-refractivity contribution in [3.63, 3.8) is 0 Å². The molecule has 0 heterocycles. The summed E-state index contributed by atoms with van der Waals surface area (Å²) in [5.41, 5.74) is 3.60. The minimum atomic E-state index is -0.987. The quantitative estimate of drug-likeness (QED) is 0.251. The molecule has 2 amide bonds. The van der Waals surface area contributed by atoms with Crippen LogP contribution in [0.1, 0.15) is 11.1 Å². The maximum absolute atomic E-state index is 13.2. The number of methoxy groups -OCH3 is 3. The summed E-state index contributed by atoms with van der Waals surface area (Å²) in [6, 6.07) is 13.7. The minimum absolute atomic E-state index is 0.103. The van der Waals surface area contributed by atoms with E-state index in [0.717, 1.165) is 0 Å². The number of anilines is 1. The molecular weight excluding hydrogens is 493 g/mol. The van der Waals surface area contributed by atoms with Crippen LogP contribution in [0.3, 0.4) is 0 Å². The Morgan fingerprint density at radius 2 is 1.67 bits per heavy atom. The molecule has 2 N–H and O–H groups in total. The normalized spacial score (nSPS) is 10.6. The SMILES string of the molecule is COc1ccc(OC)c(NC(=O)C(=O)NN=Cc2ccc(OCc3ccc(F)cc3Cl)c(OC)c2)c1. The Morgan fingerprint density at radius 1 is 0.917 bits per heavy atom. The van der Waals surface area contributed by atoms with Gasteiger partial charge in [0.05, 0.1) is 38.3 Å². The summed E-state index contributed by atoms with van der Waals surface area (Å²) >= 11 is 6.03. The van der Waals surface area contributed by atoms with Crippen molar-refractivity contribution >= 4 is 35.3 Å². The number of benzene rings is 3. The Morgan fingerprint density at radius 3 is 2.36 bits per heavy atom. The van der Waals surface area contributed by atoms with Gasteiger partial charge < -0.3 is 24.3 Å². The van der Waals surface area contributed by atoms with Crippen LogP contribution in [0.15, 0.2) is 59.7 Å². The molecule has 36 heavy (non-hydrogen) atoms. The maximum Gasteiger partial charge on any atom is 0.329 e. The predicted molar refractivity (Wildman–Crippen MR) is 133 cm³/mol. The highest BCUT2D eigenvalue weighted by molar-refractivity contribution is 6.39. The molecule has 0 aliphatic heterocycles. The Kier molecular flexibility index (Phi) is 9.07. The Bertz CT molecular complexity index is 1280. The first-order valence-electron chi connectivity index (χ1n) is 10.5. The number of ether oxygens (including phenoxy) is 4. The van der Waals surface area contributed by atoms with Gasteiger partial charge in [0, 0.05) is 11.6 Å². The van der Waals surface area contributed by atoms with Crippen molar-refractivity contribution in [2.45, 2.75) is 6.61 Å². The molecule has 0 spiro atoms. The van der Waals surface area contributed by atoms with Crippen LogP contribution in [0, 0.1) is 5.82 Å². The van der Waals surface area contributed by atoms with E-state index in [1.165, 1.54) is 51.8 Å². The molecule has 3 rings (SSSR count). The van der Waals surface area contributed by atoms with Gasteiger partial charge in [0.25, 0.3) is 0 Å². The van der Waals surface area contributed by atoms with E-state index in [4.69, 9.17) is 30.5 Å². The third-order valence-corrected chi connectivity index (χ3v) is 5.18. The highest BCUT2D eigenvalue weighted by Gasteiger charge is 2.16. The number of carbonyl (C=O) groups excluding carboxylic acids is 2. The lowest BCUT2D eigenvalue weighted by Crippen LogP contribution is -2.32. The second-order valence-corrected chi connectivity index (χ2v) is 7.56. The lowest BCUT2D eigenvalue weighted by atomic mass is 10.2. The van der Waals surface area contributed by atoms with Gasteiger partial charge in [0.15, 0.2) is 11.5 Å². The molecule has 3 aromatic carbocycles. The highest BCUT2D eigenvalue weighted by Crippen LogP contribution is 2.30. The molecule has 0 saturated heterocycles. The van der Waals surface area contributed by atoms with Crippen molar-refractivity contribution in [3.8, 4) is 23.0 Å². The fourth-order valence-corrected chi connectivity index (χ4v) is 3.21. The molecule has 0 atom stereocenters. The fourth-order valence-electron chi connectivity index (χ4n) is 2.99. The first-order chi connectivity index (χ1) is 17.3. The number of nitrogens with one attached hydrogen (secondary N) is 2. The van der Waals surface area contributed by atoms with Crippen LogP contribution in [-0.2, 0) is 16.2 Å². The van der Waals surface area contributed by atoms with Gasteiger partial charge in [-0.1, -0.05) is 17.7 Å². The average Bonchev–Trinajstić information content (AvgIpc) is 2.88. The van der Waals surface area contributed by atoms with Gasteiger partial charge in [-0.3, -0.25) is 9.59 Å². The van der Waals surface area contributed by atoms with Gasteiger partial charge >= 0.3 is 11.8 Å². The van der Waals surface area contributed by atoms with E-state index in [1.807, 2.05) is 0 Å². The molecule has 0 aromatic heterocycles. The van der Waals surface area contributed by atoms with Gasteiger partial charge in [0.1, 0.15) is 23.9 Å². The van der Waals surface area contributed by atoms with Crippen molar-refractivity contribution in [1.29, 1.82) is 0 Å². The molecular formula is C25H23ClFN3O6. The van der Waals surface area contributed by atoms with Gasteiger partial charge in [-0.15, -0.1) is 0 Å². The number of hydrazone groups is 1. The third kappa shape index (κ3) is 6.86. The van der Waals surface area contributed by atoms with Crippen LogP contribution in [-0.4, -0.2) is 39.4 Å². The monoisotopic (exact) mass is 515 g/mol. The van der Waals surface area contributed by atoms with E-state index in [-0.39, 0.29) is 17.3 Å². The molecule has 0 aliphatic carbocycles. The number of hydrogen-bond acceptors (Lipinski definition) is 7. The van der Waals surface area contributed by atoms with E-state index >= 15 is 0 Å². The van der Waals surface area contributed by atoms with E-state index in [9.17, 15) is 14.0 Å². The summed E-state index contributed by atoms with van der Waals surface area (Å²) < 4.78 is 34.6. The molecule has 3 aromatic rings. The molecule has 0 radical (unpaired) electrons. The lowest BCUT2D eigenvalue weighted by Gasteiger charge is -2.12. The zero-order valence-electron chi connectivity index (χ0n) is 19.6. The number of halogens is 2. The highest BCUT2D eigenvalue weighted by atomic mass is 35.5. The van der Waals surface area contributed by atoms with E-state index < -0.39 is 17.6 Å². The largest absolute Gasteiger partial charge is 0.497 e. The van der Waals surface area contributed by atoms with Crippen molar-refractivity contribution in [2.24, 2.45) is 5.10 Å². The maximum atomic E-state index is 13.2. The zero-order valence-corrected chi connectivity index (χ0v) is 20.4. The predicted octanol–water partition coefficient (Wildman–Crippen LogP) is 4.17. The van der Waals surface area contributed by atoms with E-state index in [0.29, 0.717) is 34.1 Å². The van der Waals surface area contributed by atoms with Crippen LogP contribution in [0.4, 0.5) is 10.1 Å². The van der Waals surface area contributed by atoms with Gasteiger partial charge in [-0.25, -0.2) is 9.82 Å². The number of hydrogen-bond donors (Lipinski definition) is 2. The van der Waals surface area contributed by atoms with Crippen LogP contribution < -0.4 is 29.7 Å². The van der Waals surface area contributed by atoms with Gasteiger partial charge in [-0.2, -0.15) is 5.10 Å². The molecule has 9 nitrogen and oxygen atoms in total. The van der Waals surface area contributed by atoms with E-state index in [2.05, 4.69) is 15.8 Å². The van der Waals surface area contributed by atoms with E-state index in [1.54, 1.807) is 30.3 Å². The van der Waals surface area contributed by atoms with Crippen molar-refractivity contribution in [3.05, 3.63) is 76.6 Å². The van der Waals surface area contributed by atoms with Crippen molar-refractivity contribution < 1.29 is 32.9 Å². The second-order valence-electron chi connectivity index (χ2n) is 7.15. The smallest absolute Gasteiger partial charge is 0.329 e. The van der Waals surface area contributed by atoms with Gasteiger partial charge in [0.2, 0.25) is 0 Å². The number of carbonyl (C=O) groups is 2. The summed E-state index contributed by atoms with van der Waals surface area (Å²) in [7, 11) is 4.38. The minimum Gasteiger partial charge on any atom is -0.497 e. The lowest BCUT2D eigenvalue weighted by molar-refractivity contribution is -0.136. The Hall–Kier alpha value is -4.31. The molecule has 0 fully saturated rings. The van der Waals surface area contributed by atoms with Crippen molar-refractivity contribution in [2.75, 3.05) is 26.6 Å². The van der Waals surface area contributed by atoms with Crippen LogP contribution >= 0.6 is 11.6 Å². The molecule has 11 heteroatoms. The summed E-state index contributed by atoms with van der Waals surface area (Å²) in [5.74, 6) is -0.714. The molecule has 0 bridgehead atoms. The third-order valence-electron chi connectivity index (χ3n) is 4.83. The molecule has 188 valence electrons. The Labute approximate surface area is 211 Å². The standard InChI is InChI=1S/C25H23ClFN3O6/c1-33-18-7-9-21(34-2)20(12-18)29-24(31)25(32)30-28-13-15-4-8-22(23(10-15)35-3)36-14-16-5-6-17(27)11-19(16)26/h4-13H,14H2,1-3H3,(H,29,31)(H,30,32). The summed E-state index contributed by atoms with van der Waals surface area (Å²) in [6.45, 7) is 0.103. The van der Waals surface area contributed by atoms with Crippen LogP contribution in [0.2, 0.25) is 5.02 Å². The molecule has 0 aliphatic rings. The van der Waals surface area contributed by atoms with Gasteiger partial charge in [-0.05, 0) is 48.0 Å². The summed E-state index contributed by atoms with van der Waals surface area (Å²) in [6.07, 6.45) is 1.33. The first-order valence-corrected chi connectivity index (χ1v) is 10.8.